The Morgan fingerprint density at radius 2 is 1.89 bits per heavy atom. The molecule has 0 atom stereocenters. The molecule has 2 aromatic carbocycles. The molecule has 0 aliphatic carbocycles. The van der Waals surface area contributed by atoms with Gasteiger partial charge >= 0.3 is 5.69 Å². The molecule has 0 saturated carbocycles. The molecule has 0 fully saturated rings. The molecule has 94 valence electrons. The topological polar surface area (TPSA) is 52.9 Å². The third kappa shape index (κ3) is 3.02. The van der Waals surface area contributed by atoms with Gasteiger partial charge in [-0.3, -0.25) is 0 Å². The van der Waals surface area contributed by atoms with Crippen LogP contribution in [0.4, 0.5) is 17.1 Å². The van der Waals surface area contributed by atoms with Gasteiger partial charge in [-0.25, -0.2) is 0 Å². The zero-order valence-electron chi connectivity index (χ0n) is 11.0. The fourth-order valence-corrected chi connectivity index (χ4v) is 1.80. The average molecular weight is 251 g/mol. The smallest absolute Gasteiger partial charge is 0.151 e. The van der Waals surface area contributed by atoms with Crippen LogP contribution in [-0.2, 0) is 6.42 Å². The van der Waals surface area contributed by atoms with Crippen molar-refractivity contribution in [2.24, 2.45) is 10.2 Å². The highest BCUT2D eigenvalue weighted by molar-refractivity contribution is 5.58. The summed E-state index contributed by atoms with van der Waals surface area (Å²) in [4.78, 5) is 3.24. The van der Waals surface area contributed by atoms with Crippen LogP contribution in [0.3, 0.4) is 0 Å². The second-order valence-electron chi connectivity index (χ2n) is 4.25. The number of nitrogens with zero attached hydrogens (tertiary/aromatic N) is 4. The highest BCUT2D eigenvalue weighted by Gasteiger charge is 2.11. The molecular weight excluding hydrogens is 236 g/mol. The molecule has 4 nitrogen and oxygen atoms in total. The van der Waals surface area contributed by atoms with Crippen LogP contribution >= 0.6 is 0 Å². The maximum atomic E-state index is 8.86. The van der Waals surface area contributed by atoms with Crippen molar-refractivity contribution in [2.45, 2.75) is 20.3 Å². The second kappa shape index (κ2) is 5.87. The summed E-state index contributed by atoms with van der Waals surface area (Å²) in [7, 11) is 0. The number of aryl methyl sites for hydroxylation is 2. The lowest BCUT2D eigenvalue weighted by molar-refractivity contribution is 1.13. The van der Waals surface area contributed by atoms with Gasteiger partial charge in [0.05, 0.1) is 11.4 Å². The van der Waals surface area contributed by atoms with Crippen LogP contribution in [0, 0.1) is 12.3 Å². The van der Waals surface area contributed by atoms with Gasteiger partial charge in [0.25, 0.3) is 0 Å². The van der Waals surface area contributed by atoms with Crippen LogP contribution in [0.1, 0.15) is 18.1 Å². The van der Waals surface area contributed by atoms with Gasteiger partial charge < -0.3 is 0 Å². The SMILES string of the molecule is CCc1cc(N=Nc2ccccc2C)ccc1[N+]#N. The molecule has 2 aromatic rings. The number of hydrogen-bond donors (Lipinski definition) is 0. The lowest BCUT2D eigenvalue weighted by atomic mass is 10.1. The van der Waals surface area contributed by atoms with E-state index in [-0.39, 0.29) is 0 Å². The Bertz CT molecular complexity index is 653. The number of rotatable bonds is 3. The summed E-state index contributed by atoms with van der Waals surface area (Å²) in [6, 6.07) is 13.3. The number of benzene rings is 2. The highest BCUT2D eigenvalue weighted by atomic mass is 15.1. The fourth-order valence-electron chi connectivity index (χ4n) is 1.80. The summed E-state index contributed by atoms with van der Waals surface area (Å²) in [5, 5.41) is 17.3. The van der Waals surface area contributed by atoms with E-state index in [1.165, 1.54) is 0 Å². The largest absolute Gasteiger partial charge is 0.388 e. The standard InChI is InChI=1S/C15H15N4/c1-3-12-10-13(8-9-15(12)17-16)18-19-14-7-5-4-6-11(14)2/h4-10H,3H2,1-2H3/q+1. The first-order valence-corrected chi connectivity index (χ1v) is 6.20. The van der Waals surface area contributed by atoms with Gasteiger partial charge in [-0.05, 0) is 37.1 Å². The summed E-state index contributed by atoms with van der Waals surface area (Å²) < 4.78 is 0. The van der Waals surface area contributed by atoms with Crippen molar-refractivity contribution in [3.63, 3.8) is 0 Å². The van der Waals surface area contributed by atoms with Gasteiger partial charge in [-0.2, -0.15) is 10.2 Å². The molecule has 0 unspecified atom stereocenters. The third-order valence-electron chi connectivity index (χ3n) is 2.94. The Kier molecular flexibility index (Phi) is 3.99. The highest BCUT2D eigenvalue weighted by Crippen LogP contribution is 2.27. The summed E-state index contributed by atoms with van der Waals surface area (Å²) in [6.07, 6.45) is 0.785. The molecule has 0 heterocycles. The van der Waals surface area contributed by atoms with E-state index in [0.717, 1.165) is 28.9 Å². The molecule has 0 aliphatic heterocycles. The molecule has 0 spiro atoms. The van der Waals surface area contributed by atoms with Crippen molar-refractivity contribution >= 4 is 17.1 Å². The number of azo groups is 1. The van der Waals surface area contributed by atoms with E-state index in [1.54, 1.807) is 12.1 Å². The molecule has 2 rings (SSSR count). The lowest BCUT2D eigenvalue weighted by Gasteiger charge is -1.98. The molecule has 0 bridgehead atoms. The van der Waals surface area contributed by atoms with E-state index in [1.807, 2.05) is 44.2 Å². The molecule has 0 amide bonds. The Labute approximate surface area is 112 Å². The minimum atomic E-state index is 0.581. The van der Waals surface area contributed by atoms with E-state index in [2.05, 4.69) is 15.2 Å². The minimum absolute atomic E-state index is 0.581. The maximum Gasteiger partial charge on any atom is 0.388 e. The van der Waals surface area contributed by atoms with Crippen molar-refractivity contribution in [1.82, 2.24) is 0 Å². The van der Waals surface area contributed by atoms with E-state index < -0.39 is 0 Å². The maximum absolute atomic E-state index is 8.86. The van der Waals surface area contributed by atoms with Gasteiger partial charge in [0.2, 0.25) is 5.39 Å². The van der Waals surface area contributed by atoms with Crippen molar-refractivity contribution in [1.29, 1.82) is 5.39 Å². The van der Waals surface area contributed by atoms with Gasteiger partial charge in [0.1, 0.15) is 0 Å². The first kappa shape index (κ1) is 12.9. The van der Waals surface area contributed by atoms with Gasteiger partial charge in [0.15, 0.2) is 4.98 Å². The molecule has 0 N–H and O–H groups in total. The third-order valence-corrected chi connectivity index (χ3v) is 2.94. The Morgan fingerprint density at radius 1 is 1.11 bits per heavy atom. The molecule has 4 heteroatoms. The zero-order valence-corrected chi connectivity index (χ0v) is 11.0. The van der Waals surface area contributed by atoms with Crippen LogP contribution in [0.2, 0.25) is 0 Å². The molecular formula is C15H15N4+. The Morgan fingerprint density at radius 3 is 2.58 bits per heavy atom. The van der Waals surface area contributed by atoms with Gasteiger partial charge in [0, 0.05) is 11.6 Å². The summed E-state index contributed by atoms with van der Waals surface area (Å²) in [5.74, 6) is 0. The summed E-state index contributed by atoms with van der Waals surface area (Å²) >= 11 is 0. The van der Waals surface area contributed by atoms with Gasteiger partial charge in [-0.1, -0.05) is 25.1 Å². The predicted molar refractivity (Wildman–Crippen MR) is 75.9 cm³/mol. The lowest BCUT2D eigenvalue weighted by Crippen LogP contribution is -1.79. The molecule has 0 radical (unpaired) electrons. The predicted octanol–water partition coefficient (Wildman–Crippen LogP) is 5.46. The summed E-state index contributed by atoms with van der Waals surface area (Å²) in [5.41, 5.74) is 4.23. The molecule has 0 aromatic heterocycles. The minimum Gasteiger partial charge on any atom is -0.151 e. The first-order chi connectivity index (χ1) is 9.24. The zero-order chi connectivity index (χ0) is 13.7. The van der Waals surface area contributed by atoms with E-state index in [9.17, 15) is 0 Å². The Hall–Kier alpha value is -2.54. The normalized spacial score (nSPS) is 10.6. The van der Waals surface area contributed by atoms with E-state index in [0.29, 0.717) is 5.69 Å². The molecule has 19 heavy (non-hydrogen) atoms. The fraction of sp³-hybridized carbons (Fsp3) is 0.200. The second-order valence-corrected chi connectivity index (χ2v) is 4.25. The number of diazo groups is 1. The average Bonchev–Trinajstić information content (AvgIpc) is 2.46. The van der Waals surface area contributed by atoms with E-state index >= 15 is 0 Å². The quantitative estimate of drug-likeness (QED) is 0.528. The molecule has 0 aliphatic rings. The van der Waals surface area contributed by atoms with Crippen molar-refractivity contribution in [3.05, 3.63) is 58.6 Å². The summed E-state index contributed by atoms with van der Waals surface area (Å²) in [6.45, 7) is 4.01. The van der Waals surface area contributed by atoms with Gasteiger partial charge in [-0.15, -0.1) is 0 Å². The van der Waals surface area contributed by atoms with Crippen LogP contribution in [0.25, 0.3) is 4.98 Å². The van der Waals surface area contributed by atoms with Crippen LogP contribution < -0.4 is 0 Å². The van der Waals surface area contributed by atoms with Crippen LogP contribution in [-0.4, -0.2) is 0 Å². The van der Waals surface area contributed by atoms with Crippen molar-refractivity contribution in [2.75, 3.05) is 0 Å². The monoisotopic (exact) mass is 251 g/mol. The van der Waals surface area contributed by atoms with E-state index in [4.69, 9.17) is 5.39 Å². The van der Waals surface area contributed by atoms with Crippen LogP contribution in [0.15, 0.2) is 52.7 Å². The first-order valence-electron chi connectivity index (χ1n) is 6.20. The molecule has 0 saturated heterocycles. The van der Waals surface area contributed by atoms with Crippen molar-refractivity contribution in [3.8, 4) is 0 Å². The van der Waals surface area contributed by atoms with Crippen molar-refractivity contribution < 1.29 is 0 Å². The Balaban J connectivity index is 2.30. The van der Waals surface area contributed by atoms with Crippen LogP contribution in [0.5, 0.6) is 0 Å². The number of hydrogen-bond acceptors (Lipinski definition) is 3.